The van der Waals surface area contributed by atoms with Crippen LogP contribution in [0.2, 0.25) is 5.02 Å². The number of carbonyl (C=O) groups excluding carboxylic acids is 2. The van der Waals surface area contributed by atoms with Gasteiger partial charge >= 0.3 is 5.97 Å². The van der Waals surface area contributed by atoms with Gasteiger partial charge < -0.3 is 15.0 Å². The number of carbonyl (C=O) groups is 3. The van der Waals surface area contributed by atoms with Gasteiger partial charge in [0.15, 0.2) is 5.12 Å². The van der Waals surface area contributed by atoms with Crippen LogP contribution < -0.4 is 5.32 Å². The molecule has 0 spiro atoms. The molecule has 1 aromatic carbocycles. The lowest BCUT2D eigenvalue weighted by molar-refractivity contribution is -0.125. The van der Waals surface area contributed by atoms with Gasteiger partial charge in [-0.25, -0.2) is 9.78 Å². The first-order valence-electron chi connectivity index (χ1n) is 11.6. The fourth-order valence-corrected chi connectivity index (χ4v) is 4.70. The van der Waals surface area contributed by atoms with E-state index >= 15 is 0 Å². The molecule has 2 N–H and O–H groups in total. The highest BCUT2D eigenvalue weighted by Gasteiger charge is 2.21. The van der Waals surface area contributed by atoms with Crippen LogP contribution in [0.4, 0.5) is 0 Å². The highest BCUT2D eigenvalue weighted by Crippen LogP contribution is 2.21. The maximum Gasteiger partial charge on any atom is 0.337 e. The fourth-order valence-electron chi connectivity index (χ4n) is 3.70. The Balaban J connectivity index is 2.20. The third kappa shape index (κ3) is 8.47. The predicted molar refractivity (Wildman–Crippen MR) is 136 cm³/mol. The predicted octanol–water partition coefficient (Wildman–Crippen LogP) is 5.18. The summed E-state index contributed by atoms with van der Waals surface area (Å²) in [6.45, 7) is 8.55. The summed E-state index contributed by atoms with van der Waals surface area (Å²) in [6.07, 6.45) is 5.31. The number of hydrogen-bond acceptors (Lipinski definition) is 5. The number of imidazole rings is 1. The summed E-state index contributed by atoms with van der Waals surface area (Å²) in [5.41, 5.74) is 1.78. The Morgan fingerprint density at radius 2 is 2.00 bits per heavy atom. The van der Waals surface area contributed by atoms with Gasteiger partial charge in [-0.3, -0.25) is 9.59 Å². The number of carboxylic acid groups (broad SMARTS) is 1. The zero-order chi connectivity index (χ0) is 25.3. The van der Waals surface area contributed by atoms with E-state index in [2.05, 4.69) is 35.6 Å². The number of amides is 1. The number of carboxylic acids is 1. The first kappa shape index (κ1) is 27.9. The molecule has 0 radical (unpaired) electrons. The molecule has 186 valence electrons. The molecule has 2 rings (SSSR count). The van der Waals surface area contributed by atoms with Crippen molar-refractivity contribution in [2.45, 2.75) is 66.5 Å². The van der Waals surface area contributed by atoms with E-state index in [4.69, 9.17) is 11.6 Å². The summed E-state index contributed by atoms with van der Waals surface area (Å²) < 4.78 is 2.06. The van der Waals surface area contributed by atoms with Crippen molar-refractivity contribution >= 4 is 40.4 Å². The summed E-state index contributed by atoms with van der Waals surface area (Å²) in [7, 11) is 0. The standard InChI is InChI=1S/C25H34ClN3O4S/c1-5-6-7-23-27-12-20(13-28-24(31)19(10-16(2)3)15-34-17(4)30)29(23)14-18-8-9-21(25(32)33)22(26)11-18/h8-9,11-12,16,19H,5-7,10,13-15H2,1-4H3,(H,28,31)(H,32,33)/t19-/m1/s1. The molecule has 0 unspecified atom stereocenters. The zero-order valence-electron chi connectivity index (χ0n) is 20.3. The van der Waals surface area contributed by atoms with E-state index in [1.54, 1.807) is 18.3 Å². The molecule has 0 aliphatic carbocycles. The van der Waals surface area contributed by atoms with E-state index in [0.717, 1.165) is 36.3 Å². The van der Waals surface area contributed by atoms with Crippen LogP contribution in [-0.2, 0) is 29.1 Å². The highest BCUT2D eigenvalue weighted by atomic mass is 35.5. The van der Waals surface area contributed by atoms with Gasteiger partial charge in [-0.2, -0.15) is 0 Å². The Bertz CT molecular complexity index is 1010. The third-order valence-electron chi connectivity index (χ3n) is 5.44. The van der Waals surface area contributed by atoms with Crippen molar-refractivity contribution < 1.29 is 19.5 Å². The molecule has 0 bridgehead atoms. The molecule has 7 nitrogen and oxygen atoms in total. The molecule has 9 heteroatoms. The lowest BCUT2D eigenvalue weighted by Gasteiger charge is -2.19. The molecule has 2 aromatic rings. The van der Waals surface area contributed by atoms with Crippen LogP contribution in [0.5, 0.6) is 0 Å². The summed E-state index contributed by atoms with van der Waals surface area (Å²) in [5.74, 6) is 0.342. The lowest BCUT2D eigenvalue weighted by Crippen LogP contribution is -2.33. The molecular formula is C25H34ClN3O4S. The van der Waals surface area contributed by atoms with Crippen LogP contribution in [0.25, 0.3) is 0 Å². The van der Waals surface area contributed by atoms with Gasteiger partial charge in [-0.05, 0) is 36.5 Å². The maximum atomic E-state index is 12.9. The van der Waals surface area contributed by atoms with Crippen molar-refractivity contribution in [2.24, 2.45) is 11.8 Å². The number of thioether (sulfide) groups is 1. The normalized spacial score (nSPS) is 12.1. The van der Waals surface area contributed by atoms with Crippen LogP contribution >= 0.6 is 23.4 Å². The van der Waals surface area contributed by atoms with Gasteiger partial charge in [0.25, 0.3) is 0 Å². The van der Waals surface area contributed by atoms with Crippen molar-refractivity contribution in [3.63, 3.8) is 0 Å². The number of halogens is 1. The summed E-state index contributed by atoms with van der Waals surface area (Å²) >= 11 is 7.35. The molecule has 0 saturated heterocycles. The molecule has 1 heterocycles. The van der Waals surface area contributed by atoms with Crippen molar-refractivity contribution in [3.05, 3.63) is 52.1 Å². The minimum absolute atomic E-state index is 0.00720. The van der Waals surface area contributed by atoms with Gasteiger partial charge in [-0.1, -0.05) is 56.6 Å². The monoisotopic (exact) mass is 507 g/mol. The van der Waals surface area contributed by atoms with Crippen LogP contribution in [0, 0.1) is 11.8 Å². The van der Waals surface area contributed by atoms with Gasteiger partial charge in [0.2, 0.25) is 5.91 Å². The van der Waals surface area contributed by atoms with Crippen molar-refractivity contribution in [1.29, 1.82) is 0 Å². The van der Waals surface area contributed by atoms with Crippen LogP contribution in [0.1, 0.15) is 74.4 Å². The summed E-state index contributed by atoms with van der Waals surface area (Å²) in [5, 5.41) is 12.5. The van der Waals surface area contributed by atoms with E-state index in [1.807, 2.05) is 0 Å². The Kier molecular flexibility index (Phi) is 11.1. The number of aryl methyl sites for hydroxylation is 1. The Hall–Kier alpha value is -2.32. The second-order valence-electron chi connectivity index (χ2n) is 8.82. The summed E-state index contributed by atoms with van der Waals surface area (Å²) in [6, 6.07) is 4.92. The number of rotatable bonds is 13. The minimum Gasteiger partial charge on any atom is -0.478 e. The molecule has 0 aliphatic heterocycles. The van der Waals surface area contributed by atoms with E-state index in [0.29, 0.717) is 31.2 Å². The SMILES string of the molecule is CCCCc1ncc(CNC(=O)[C@@H](CSC(C)=O)CC(C)C)n1Cc1ccc(C(=O)O)c(Cl)c1. The quantitative estimate of drug-likeness (QED) is 0.387. The van der Waals surface area contributed by atoms with Gasteiger partial charge in [-0.15, -0.1) is 0 Å². The molecule has 0 aliphatic rings. The van der Waals surface area contributed by atoms with Crippen molar-refractivity contribution in [2.75, 3.05) is 5.75 Å². The van der Waals surface area contributed by atoms with E-state index in [1.165, 1.54) is 24.8 Å². The largest absolute Gasteiger partial charge is 0.478 e. The first-order chi connectivity index (χ1) is 16.1. The van der Waals surface area contributed by atoms with Crippen molar-refractivity contribution in [1.82, 2.24) is 14.9 Å². The maximum absolute atomic E-state index is 12.9. The van der Waals surface area contributed by atoms with Crippen molar-refractivity contribution in [3.8, 4) is 0 Å². The zero-order valence-corrected chi connectivity index (χ0v) is 21.8. The topological polar surface area (TPSA) is 101 Å². The molecule has 34 heavy (non-hydrogen) atoms. The number of nitrogens with one attached hydrogen (secondary N) is 1. The highest BCUT2D eigenvalue weighted by molar-refractivity contribution is 8.13. The average molecular weight is 508 g/mol. The molecular weight excluding hydrogens is 474 g/mol. The Morgan fingerprint density at radius 3 is 2.59 bits per heavy atom. The van der Waals surface area contributed by atoms with Gasteiger partial charge in [0.1, 0.15) is 5.82 Å². The lowest BCUT2D eigenvalue weighted by atomic mass is 9.98. The number of hydrogen-bond donors (Lipinski definition) is 2. The molecule has 0 fully saturated rings. The number of aromatic nitrogens is 2. The van der Waals surface area contributed by atoms with E-state index in [9.17, 15) is 19.5 Å². The van der Waals surface area contributed by atoms with Gasteiger partial charge in [0, 0.05) is 31.6 Å². The molecule has 0 saturated carbocycles. The van der Waals surface area contributed by atoms with E-state index < -0.39 is 5.97 Å². The second-order valence-corrected chi connectivity index (χ2v) is 10.4. The minimum atomic E-state index is -1.06. The van der Waals surface area contributed by atoms with Gasteiger partial charge in [0.05, 0.1) is 29.0 Å². The Morgan fingerprint density at radius 1 is 1.26 bits per heavy atom. The number of aromatic carboxylic acids is 1. The molecule has 1 atom stereocenters. The second kappa shape index (κ2) is 13.5. The van der Waals surface area contributed by atoms with Crippen LogP contribution in [0.3, 0.4) is 0 Å². The number of unbranched alkanes of at least 4 members (excludes halogenated alkanes) is 1. The fraction of sp³-hybridized carbons (Fsp3) is 0.520. The summed E-state index contributed by atoms with van der Waals surface area (Å²) in [4.78, 5) is 40.2. The van der Waals surface area contributed by atoms with E-state index in [-0.39, 0.29) is 27.5 Å². The first-order valence-corrected chi connectivity index (χ1v) is 12.9. The van der Waals surface area contributed by atoms with Crippen LogP contribution in [-0.4, -0.2) is 37.4 Å². The number of benzene rings is 1. The molecule has 1 amide bonds. The third-order valence-corrected chi connectivity index (χ3v) is 6.73. The smallest absolute Gasteiger partial charge is 0.337 e. The Labute approximate surface area is 210 Å². The number of nitrogens with zero attached hydrogens (tertiary/aromatic N) is 2. The molecule has 1 aromatic heterocycles. The average Bonchev–Trinajstić information content (AvgIpc) is 3.14. The van der Waals surface area contributed by atoms with Crippen LogP contribution in [0.15, 0.2) is 24.4 Å².